The molecule has 110 valence electrons. The molecule has 6 nitrogen and oxygen atoms in total. The summed E-state index contributed by atoms with van der Waals surface area (Å²) in [5, 5.41) is 5.36. The molecule has 1 aromatic heterocycles. The van der Waals surface area contributed by atoms with Crippen molar-refractivity contribution >= 4 is 5.69 Å². The number of rotatable bonds is 7. The van der Waals surface area contributed by atoms with E-state index in [1.807, 2.05) is 25.2 Å². The van der Waals surface area contributed by atoms with Crippen LogP contribution in [0, 0.1) is 0 Å². The average molecular weight is 279 g/mol. The fraction of sp³-hybridized carbons (Fsp3) is 0.429. The average Bonchev–Trinajstić information content (AvgIpc) is 2.47. The van der Waals surface area contributed by atoms with E-state index in [0.29, 0.717) is 6.61 Å². The quantitative estimate of drug-likeness (QED) is 0.585. The van der Waals surface area contributed by atoms with Crippen LogP contribution in [0.3, 0.4) is 0 Å². The molecular weight excluding hydrogens is 258 g/mol. The summed E-state index contributed by atoms with van der Waals surface area (Å²) in [5.74, 6) is 0. The monoisotopic (exact) mass is 279 g/mol. The Bertz CT molecular complexity index is 596. The Kier molecular flexibility index (Phi) is 6.52. The summed E-state index contributed by atoms with van der Waals surface area (Å²) in [6.07, 6.45) is 8.36. The van der Waals surface area contributed by atoms with E-state index in [4.69, 9.17) is 4.74 Å². The lowest BCUT2D eigenvalue weighted by Gasteiger charge is -2.08. The van der Waals surface area contributed by atoms with Gasteiger partial charge in [0.25, 0.3) is 5.43 Å². The van der Waals surface area contributed by atoms with Gasteiger partial charge in [0.1, 0.15) is 12.4 Å². The van der Waals surface area contributed by atoms with Gasteiger partial charge in [0.05, 0.1) is 6.61 Å². The molecule has 1 heterocycles. The Morgan fingerprint density at radius 2 is 2.25 bits per heavy atom. The van der Waals surface area contributed by atoms with Gasteiger partial charge in [-0.05, 0) is 18.9 Å². The van der Waals surface area contributed by atoms with Crippen LogP contribution in [0.15, 0.2) is 39.6 Å². The minimum absolute atomic E-state index is 0.00930. The lowest BCUT2D eigenvalue weighted by atomic mass is 10.2. The highest BCUT2D eigenvalue weighted by atomic mass is 16.5. The third-order valence-electron chi connectivity index (χ3n) is 2.75. The van der Waals surface area contributed by atoms with E-state index in [1.54, 1.807) is 7.05 Å². The van der Waals surface area contributed by atoms with Crippen molar-refractivity contribution in [3.05, 3.63) is 50.6 Å². The zero-order valence-electron chi connectivity index (χ0n) is 12.1. The largest absolute Gasteiger partial charge is 0.384 e. The third kappa shape index (κ3) is 4.24. The Balaban J connectivity index is 2.68. The summed E-state index contributed by atoms with van der Waals surface area (Å²) in [7, 11) is 1.59. The van der Waals surface area contributed by atoms with Gasteiger partial charge >= 0.3 is 5.56 Å². The van der Waals surface area contributed by atoms with Crippen LogP contribution in [-0.4, -0.2) is 23.4 Å². The Hall–Kier alpha value is -2.08. The molecule has 0 radical (unpaired) electrons. The van der Waals surface area contributed by atoms with Gasteiger partial charge < -0.3 is 10.1 Å². The van der Waals surface area contributed by atoms with Crippen LogP contribution < -0.4 is 16.3 Å². The molecule has 0 aliphatic carbocycles. The molecule has 1 aromatic rings. The van der Waals surface area contributed by atoms with Gasteiger partial charge in [0.2, 0.25) is 0 Å². The third-order valence-corrected chi connectivity index (χ3v) is 2.75. The molecule has 0 unspecified atom stereocenters. The summed E-state index contributed by atoms with van der Waals surface area (Å²) in [4.78, 5) is 23.4. The first-order valence-corrected chi connectivity index (χ1v) is 6.53. The molecule has 1 rings (SSSR count). The van der Waals surface area contributed by atoms with Crippen LogP contribution >= 0.6 is 0 Å². The second-order valence-electron chi connectivity index (χ2n) is 4.15. The van der Waals surface area contributed by atoms with Crippen molar-refractivity contribution < 1.29 is 4.74 Å². The van der Waals surface area contributed by atoms with Crippen molar-refractivity contribution in [2.24, 2.45) is 0 Å². The van der Waals surface area contributed by atoms with Crippen LogP contribution in [0.1, 0.15) is 20.3 Å². The number of allylic oxidation sites excluding steroid dienone is 2. The van der Waals surface area contributed by atoms with E-state index >= 15 is 0 Å². The molecule has 20 heavy (non-hydrogen) atoms. The number of nitrogens with one attached hydrogen (secondary N) is 2. The van der Waals surface area contributed by atoms with E-state index in [-0.39, 0.29) is 12.4 Å². The molecular formula is C14H21N3O3. The molecule has 0 atom stereocenters. The topological polar surface area (TPSA) is 76.1 Å². The van der Waals surface area contributed by atoms with Crippen molar-refractivity contribution in [2.45, 2.75) is 27.0 Å². The summed E-state index contributed by atoms with van der Waals surface area (Å²) in [6, 6.07) is 0. The highest BCUT2D eigenvalue weighted by Gasteiger charge is 2.05. The lowest BCUT2D eigenvalue weighted by Crippen LogP contribution is -2.37. The van der Waals surface area contributed by atoms with E-state index in [2.05, 4.69) is 17.3 Å². The predicted octanol–water partition coefficient (Wildman–Crippen LogP) is 1.46. The summed E-state index contributed by atoms with van der Waals surface area (Å²) in [6.45, 7) is 4.37. The number of hydrogen-bond acceptors (Lipinski definition) is 4. The molecule has 0 bridgehead atoms. The molecule has 0 fully saturated rings. The Labute approximate surface area is 117 Å². The molecule has 0 spiro atoms. The molecule has 6 heteroatoms. The highest BCUT2D eigenvalue weighted by molar-refractivity contribution is 5.37. The van der Waals surface area contributed by atoms with Crippen molar-refractivity contribution in [1.82, 2.24) is 9.78 Å². The van der Waals surface area contributed by atoms with E-state index in [0.717, 1.165) is 16.7 Å². The SMILES string of the molecule is C/C=C(\C=C/CC)COCn1[nH]cc(NC)c(=O)c1=O. The number of hydrogen-bond donors (Lipinski definition) is 2. The molecule has 0 aliphatic heterocycles. The summed E-state index contributed by atoms with van der Waals surface area (Å²) < 4.78 is 6.57. The van der Waals surface area contributed by atoms with Gasteiger partial charge in [-0.25, -0.2) is 4.68 Å². The molecule has 0 aliphatic rings. The highest BCUT2D eigenvalue weighted by Crippen LogP contribution is 1.99. The number of H-pyrrole nitrogens is 1. The normalized spacial score (nSPS) is 12.1. The number of nitrogens with zero attached hydrogens (tertiary/aromatic N) is 1. The van der Waals surface area contributed by atoms with Crippen molar-refractivity contribution in [3.8, 4) is 0 Å². The summed E-state index contributed by atoms with van der Waals surface area (Å²) in [5.41, 5.74) is 0.0512. The van der Waals surface area contributed by atoms with Gasteiger partial charge in [-0.3, -0.25) is 14.7 Å². The minimum Gasteiger partial charge on any atom is -0.384 e. The second kappa shape index (κ2) is 8.16. The first-order chi connectivity index (χ1) is 9.63. The van der Waals surface area contributed by atoms with Crippen LogP contribution in [0.2, 0.25) is 0 Å². The van der Waals surface area contributed by atoms with Gasteiger partial charge in [0, 0.05) is 13.2 Å². The fourth-order valence-electron chi connectivity index (χ4n) is 1.54. The van der Waals surface area contributed by atoms with E-state index in [1.165, 1.54) is 6.20 Å². The molecule has 0 amide bonds. The van der Waals surface area contributed by atoms with Crippen LogP contribution in [0.25, 0.3) is 0 Å². The van der Waals surface area contributed by atoms with Gasteiger partial charge in [0.15, 0.2) is 0 Å². The van der Waals surface area contributed by atoms with Gasteiger partial charge in [-0.1, -0.05) is 25.2 Å². The fourth-order valence-corrected chi connectivity index (χ4v) is 1.54. The molecule has 2 N–H and O–H groups in total. The van der Waals surface area contributed by atoms with E-state index < -0.39 is 11.0 Å². The maximum atomic E-state index is 11.7. The molecule has 0 saturated carbocycles. The number of aromatic amines is 1. The summed E-state index contributed by atoms with van der Waals surface area (Å²) >= 11 is 0. The van der Waals surface area contributed by atoms with E-state index in [9.17, 15) is 9.59 Å². The maximum absolute atomic E-state index is 11.7. The van der Waals surface area contributed by atoms with Crippen molar-refractivity contribution in [1.29, 1.82) is 0 Å². The first kappa shape index (κ1) is 16.0. The first-order valence-electron chi connectivity index (χ1n) is 6.53. The molecule has 0 saturated heterocycles. The van der Waals surface area contributed by atoms with Crippen LogP contribution in [0.5, 0.6) is 0 Å². The standard InChI is InChI=1S/C14H21N3O3/c1-4-6-7-11(5-2)9-20-10-17-14(19)13(18)12(15-3)8-16-17/h5-8,15-16H,4,9-10H2,1-3H3/b7-6-,11-5+. The zero-order chi connectivity index (χ0) is 15.0. The number of aromatic nitrogens is 2. The zero-order valence-corrected chi connectivity index (χ0v) is 12.1. The van der Waals surface area contributed by atoms with Gasteiger partial charge in [-0.2, -0.15) is 0 Å². The predicted molar refractivity (Wildman–Crippen MR) is 80.0 cm³/mol. The number of ether oxygens (including phenoxy) is 1. The lowest BCUT2D eigenvalue weighted by molar-refractivity contribution is 0.0835. The van der Waals surface area contributed by atoms with Crippen LogP contribution in [-0.2, 0) is 11.5 Å². The Morgan fingerprint density at radius 1 is 1.50 bits per heavy atom. The molecule has 0 aromatic carbocycles. The second-order valence-corrected chi connectivity index (χ2v) is 4.15. The maximum Gasteiger partial charge on any atom is 0.317 e. The van der Waals surface area contributed by atoms with Crippen LogP contribution in [0.4, 0.5) is 5.69 Å². The van der Waals surface area contributed by atoms with Crippen molar-refractivity contribution in [2.75, 3.05) is 19.0 Å². The van der Waals surface area contributed by atoms with Gasteiger partial charge in [-0.15, -0.1) is 0 Å². The van der Waals surface area contributed by atoms with Crippen molar-refractivity contribution in [3.63, 3.8) is 0 Å². The Morgan fingerprint density at radius 3 is 2.85 bits per heavy atom. The minimum atomic E-state index is -0.636. The smallest absolute Gasteiger partial charge is 0.317 e. The number of anilines is 1.